The predicted octanol–water partition coefficient (Wildman–Crippen LogP) is 2.70. The number of amides is 1. The second kappa shape index (κ2) is 7.42. The summed E-state index contributed by atoms with van der Waals surface area (Å²) in [5, 5.41) is 10.2. The lowest BCUT2D eigenvalue weighted by Gasteiger charge is -2.14. The number of nitrogens with zero attached hydrogens (tertiary/aromatic N) is 2. The van der Waals surface area contributed by atoms with Gasteiger partial charge in [0, 0.05) is 11.6 Å². The first kappa shape index (κ1) is 16.5. The third-order valence-electron chi connectivity index (χ3n) is 3.07. The lowest BCUT2D eigenvalue weighted by molar-refractivity contribution is -0.127. The maximum Gasteiger partial charge on any atom is 0.261 e. The number of carbonyl (C=O) groups excluding carboxylic acids is 1. The van der Waals surface area contributed by atoms with Gasteiger partial charge in [-0.1, -0.05) is 11.6 Å². The molecule has 2 aromatic rings. The quantitative estimate of drug-likeness (QED) is 0.793. The Kier molecular flexibility index (Phi) is 5.57. The minimum Gasteiger partial charge on any atom is -0.481 e. The van der Waals surface area contributed by atoms with Crippen LogP contribution in [0.4, 0.5) is 0 Å². The van der Waals surface area contributed by atoms with Crippen molar-refractivity contribution >= 4 is 29.7 Å². The summed E-state index contributed by atoms with van der Waals surface area (Å²) in [6.07, 6.45) is -0.627. The summed E-state index contributed by atoms with van der Waals surface area (Å²) in [5.41, 5.74) is 0. The van der Waals surface area contributed by atoms with Gasteiger partial charge in [-0.25, -0.2) is 0 Å². The van der Waals surface area contributed by atoms with Gasteiger partial charge in [0.05, 0.1) is 6.54 Å². The Morgan fingerprint density at radius 1 is 1.50 bits per heavy atom. The molecule has 1 amide bonds. The average molecular weight is 341 g/mol. The summed E-state index contributed by atoms with van der Waals surface area (Å²) < 4.78 is 7.91. The molecule has 1 aromatic heterocycles. The third-order valence-corrected chi connectivity index (χ3v) is 3.63. The van der Waals surface area contributed by atoms with Crippen LogP contribution in [0.3, 0.4) is 0 Å². The van der Waals surface area contributed by atoms with Crippen LogP contribution < -0.4 is 10.1 Å². The monoisotopic (exact) mass is 340 g/mol. The molecule has 2 N–H and O–H groups in total. The fraction of sp³-hybridized carbons (Fsp3) is 0.357. The fourth-order valence-electron chi connectivity index (χ4n) is 1.89. The van der Waals surface area contributed by atoms with Gasteiger partial charge < -0.3 is 14.6 Å². The molecule has 2 rings (SSSR count). The summed E-state index contributed by atoms with van der Waals surface area (Å²) in [6, 6.07) is 6.85. The second-order valence-electron chi connectivity index (χ2n) is 4.62. The first-order valence-electron chi connectivity index (χ1n) is 6.85. The van der Waals surface area contributed by atoms with Crippen LogP contribution in [-0.2, 0) is 17.9 Å². The highest BCUT2D eigenvalue weighted by Gasteiger charge is 2.15. The van der Waals surface area contributed by atoms with E-state index in [1.165, 1.54) is 0 Å². The maximum absolute atomic E-state index is 12.1. The van der Waals surface area contributed by atoms with Gasteiger partial charge in [-0.15, -0.1) is 0 Å². The fourth-order valence-corrected chi connectivity index (χ4v) is 2.30. The second-order valence-corrected chi connectivity index (χ2v) is 5.44. The Morgan fingerprint density at radius 2 is 2.18 bits per heavy atom. The van der Waals surface area contributed by atoms with Crippen LogP contribution in [0.1, 0.15) is 19.7 Å². The van der Waals surface area contributed by atoms with E-state index < -0.39 is 6.10 Å². The Labute approximate surface area is 138 Å². The summed E-state index contributed by atoms with van der Waals surface area (Å²) in [6.45, 7) is 4.62. The van der Waals surface area contributed by atoms with Crippen LogP contribution in [0.5, 0.6) is 5.75 Å². The van der Waals surface area contributed by atoms with Gasteiger partial charge in [-0.05, 0) is 50.3 Å². The van der Waals surface area contributed by atoms with Gasteiger partial charge in [0.15, 0.2) is 16.7 Å². The summed E-state index contributed by atoms with van der Waals surface area (Å²) in [5.74, 6) is 1.04. The Morgan fingerprint density at radius 3 is 2.82 bits per heavy atom. The molecule has 0 radical (unpaired) electrons. The van der Waals surface area contributed by atoms with Gasteiger partial charge in [0.25, 0.3) is 5.91 Å². The highest BCUT2D eigenvalue weighted by atomic mass is 35.5. The normalized spacial score (nSPS) is 12.0. The van der Waals surface area contributed by atoms with Crippen molar-refractivity contribution in [3.05, 3.63) is 39.9 Å². The molecule has 22 heavy (non-hydrogen) atoms. The first-order valence-corrected chi connectivity index (χ1v) is 7.64. The molecule has 8 heteroatoms. The highest BCUT2D eigenvalue weighted by Crippen LogP contribution is 2.16. The van der Waals surface area contributed by atoms with E-state index in [4.69, 9.17) is 28.6 Å². The molecule has 6 nitrogen and oxygen atoms in total. The van der Waals surface area contributed by atoms with Crippen molar-refractivity contribution in [1.29, 1.82) is 0 Å². The Hall–Kier alpha value is -1.86. The zero-order chi connectivity index (χ0) is 16.1. The molecule has 0 aliphatic carbocycles. The number of ether oxygens (including phenoxy) is 1. The number of hydrogen-bond donors (Lipinski definition) is 2. The minimum atomic E-state index is -0.627. The first-order chi connectivity index (χ1) is 10.5. The molecule has 1 heterocycles. The lowest BCUT2D eigenvalue weighted by atomic mass is 10.3. The van der Waals surface area contributed by atoms with Crippen molar-refractivity contribution in [2.75, 3.05) is 0 Å². The highest BCUT2D eigenvalue weighted by molar-refractivity contribution is 7.71. The van der Waals surface area contributed by atoms with Crippen molar-refractivity contribution in [2.45, 2.75) is 33.0 Å². The number of hydrogen-bond acceptors (Lipinski definition) is 4. The third kappa shape index (κ3) is 4.08. The van der Waals surface area contributed by atoms with Crippen LogP contribution in [0.25, 0.3) is 0 Å². The van der Waals surface area contributed by atoms with E-state index >= 15 is 0 Å². The van der Waals surface area contributed by atoms with Gasteiger partial charge >= 0.3 is 0 Å². The van der Waals surface area contributed by atoms with Gasteiger partial charge in [0.2, 0.25) is 0 Å². The van der Waals surface area contributed by atoms with E-state index in [9.17, 15) is 4.79 Å². The number of benzene rings is 1. The lowest BCUT2D eigenvalue weighted by Crippen LogP contribution is -2.36. The van der Waals surface area contributed by atoms with E-state index in [1.54, 1.807) is 31.2 Å². The van der Waals surface area contributed by atoms with Crippen molar-refractivity contribution in [1.82, 2.24) is 20.1 Å². The number of carbonyl (C=O) groups is 1. The van der Waals surface area contributed by atoms with Crippen LogP contribution in [0.15, 0.2) is 24.3 Å². The van der Waals surface area contributed by atoms with Crippen LogP contribution in [0, 0.1) is 4.77 Å². The van der Waals surface area contributed by atoms with Crippen LogP contribution >= 0.6 is 23.8 Å². The Bertz CT molecular complexity index is 696. The number of rotatable bonds is 6. The molecule has 0 spiro atoms. The van der Waals surface area contributed by atoms with Crippen molar-refractivity contribution in [3.63, 3.8) is 0 Å². The number of aromatic amines is 1. The SMILES string of the molecule is CCn1c(CNC(=O)[C@@H](C)Oc2ccc(Cl)cc2)n[nH]c1=S. The standard InChI is InChI=1S/C14H17ClN4O2S/c1-3-19-12(17-18-14(19)22)8-16-13(20)9(2)21-11-6-4-10(15)5-7-11/h4-7,9H,3,8H2,1-2H3,(H,16,20)(H,18,22)/t9-/m1/s1. The molecular formula is C14H17ClN4O2S. The van der Waals surface area contributed by atoms with E-state index in [0.717, 1.165) is 0 Å². The summed E-state index contributed by atoms with van der Waals surface area (Å²) in [7, 11) is 0. The molecule has 1 aromatic carbocycles. The Balaban J connectivity index is 1.91. The molecule has 0 aliphatic rings. The number of halogens is 1. The number of nitrogens with one attached hydrogen (secondary N) is 2. The largest absolute Gasteiger partial charge is 0.481 e. The predicted molar refractivity (Wildman–Crippen MR) is 86.5 cm³/mol. The minimum absolute atomic E-state index is 0.230. The maximum atomic E-state index is 12.1. The van der Waals surface area contributed by atoms with Crippen molar-refractivity contribution < 1.29 is 9.53 Å². The molecule has 0 aliphatic heterocycles. The molecule has 0 unspecified atom stereocenters. The summed E-state index contributed by atoms with van der Waals surface area (Å²) in [4.78, 5) is 12.1. The molecule has 1 atom stereocenters. The van der Waals surface area contributed by atoms with E-state index in [0.29, 0.717) is 27.9 Å². The smallest absolute Gasteiger partial charge is 0.261 e. The van der Waals surface area contributed by atoms with Crippen molar-refractivity contribution in [2.24, 2.45) is 0 Å². The number of aromatic nitrogens is 3. The molecule has 0 bridgehead atoms. The van der Waals surface area contributed by atoms with Gasteiger partial charge in [-0.2, -0.15) is 5.10 Å². The number of H-pyrrole nitrogens is 1. The molecule has 0 fully saturated rings. The van der Waals surface area contributed by atoms with Gasteiger partial charge in [-0.3, -0.25) is 9.89 Å². The summed E-state index contributed by atoms with van der Waals surface area (Å²) >= 11 is 10.9. The topological polar surface area (TPSA) is 71.9 Å². The molecule has 0 saturated heterocycles. The average Bonchev–Trinajstić information content (AvgIpc) is 2.87. The zero-order valence-electron chi connectivity index (χ0n) is 12.3. The van der Waals surface area contributed by atoms with Crippen molar-refractivity contribution in [3.8, 4) is 5.75 Å². The van der Waals surface area contributed by atoms with Crippen LogP contribution in [-0.4, -0.2) is 26.8 Å². The molecule has 0 saturated carbocycles. The molecular weight excluding hydrogens is 324 g/mol. The molecule has 118 valence electrons. The van der Waals surface area contributed by atoms with E-state index in [-0.39, 0.29) is 12.5 Å². The zero-order valence-corrected chi connectivity index (χ0v) is 13.9. The van der Waals surface area contributed by atoms with Gasteiger partial charge in [0.1, 0.15) is 5.75 Å². The van der Waals surface area contributed by atoms with Crippen LogP contribution in [0.2, 0.25) is 5.02 Å². The van der Waals surface area contributed by atoms with E-state index in [1.807, 2.05) is 11.5 Å². The van der Waals surface area contributed by atoms with E-state index in [2.05, 4.69) is 15.5 Å².